The van der Waals surface area contributed by atoms with Gasteiger partial charge in [-0.05, 0) is 44.4 Å². The zero-order chi connectivity index (χ0) is 15.9. The first-order valence-electron chi connectivity index (χ1n) is 7.76. The number of carbonyl (C=O) groups excluding carboxylic acids is 1. The first-order chi connectivity index (χ1) is 10.6. The fraction of sp³-hybridized carbons (Fsp3) is 0.500. The molecule has 1 atom stereocenters. The highest BCUT2D eigenvalue weighted by atomic mass is 16.2. The molecule has 6 heteroatoms. The summed E-state index contributed by atoms with van der Waals surface area (Å²) in [6, 6.07) is 6.10. The minimum Gasteiger partial charge on any atom is -0.354 e. The van der Waals surface area contributed by atoms with E-state index in [1.54, 1.807) is 0 Å². The van der Waals surface area contributed by atoms with E-state index in [0.29, 0.717) is 6.54 Å². The van der Waals surface area contributed by atoms with Crippen molar-refractivity contribution in [3.63, 3.8) is 0 Å². The molecule has 2 aromatic heterocycles. The molecule has 0 radical (unpaired) electrons. The van der Waals surface area contributed by atoms with Crippen LogP contribution in [0.25, 0.3) is 0 Å². The number of nitrogens with one attached hydrogen (secondary N) is 3. The van der Waals surface area contributed by atoms with Crippen molar-refractivity contribution in [1.29, 1.82) is 0 Å². The summed E-state index contributed by atoms with van der Waals surface area (Å²) >= 11 is 0. The Bertz CT molecular complexity index is 601. The minimum absolute atomic E-state index is 0.128. The summed E-state index contributed by atoms with van der Waals surface area (Å²) in [7, 11) is 2.04. The van der Waals surface area contributed by atoms with E-state index in [1.165, 1.54) is 5.69 Å². The highest BCUT2D eigenvalue weighted by Gasteiger charge is 2.08. The van der Waals surface area contributed by atoms with Crippen LogP contribution in [-0.2, 0) is 26.4 Å². The van der Waals surface area contributed by atoms with E-state index in [9.17, 15) is 4.79 Å². The van der Waals surface area contributed by atoms with Crippen LogP contribution in [-0.4, -0.2) is 26.8 Å². The van der Waals surface area contributed by atoms with Crippen molar-refractivity contribution < 1.29 is 4.79 Å². The number of aryl methyl sites for hydroxylation is 3. The second-order valence-electron chi connectivity index (χ2n) is 5.62. The van der Waals surface area contributed by atoms with Crippen LogP contribution in [0.3, 0.4) is 0 Å². The number of nitrogens with zero attached hydrogens (tertiary/aromatic N) is 2. The molecule has 0 aromatic carbocycles. The van der Waals surface area contributed by atoms with Gasteiger partial charge in [-0.15, -0.1) is 0 Å². The smallest absolute Gasteiger partial charge is 0.315 e. The second-order valence-corrected chi connectivity index (χ2v) is 5.62. The van der Waals surface area contributed by atoms with Gasteiger partial charge in [0.25, 0.3) is 0 Å². The third-order valence-electron chi connectivity index (χ3n) is 3.75. The normalized spacial score (nSPS) is 12.1. The van der Waals surface area contributed by atoms with E-state index >= 15 is 0 Å². The van der Waals surface area contributed by atoms with Gasteiger partial charge in [-0.3, -0.25) is 5.10 Å². The van der Waals surface area contributed by atoms with Crippen molar-refractivity contribution in [1.82, 2.24) is 25.4 Å². The average Bonchev–Trinajstić information content (AvgIpc) is 3.11. The topological polar surface area (TPSA) is 74.7 Å². The molecule has 0 saturated heterocycles. The van der Waals surface area contributed by atoms with E-state index in [2.05, 4.69) is 38.4 Å². The third kappa shape index (κ3) is 4.65. The third-order valence-corrected chi connectivity index (χ3v) is 3.75. The molecule has 0 aliphatic rings. The second kappa shape index (κ2) is 7.68. The van der Waals surface area contributed by atoms with E-state index in [0.717, 1.165) is 30.7 Å². The molecule has 0 unspecified atom stereocenters. The molecule has 6 nitrogen and oxygen atoms in total. The van der Waals surface area contributed by atoms with Gasteiger partial charge in [-0.25, -0.2) is 4.79 Å². The van der Waals surface area contributed by atoms with Crippen molar-refractivity contribution >= 4 is 6.03 Å². The number of aromatic nitrogens is 3. The summed E-state index contributed by atoms with van der Waals surface area (Å²) in [4.78, 5) is 11.9. The molecule has 3 N–H and O–H groups in total. The number of carbonyl (C=O) groups is 1. The van der Waals surface area contributed by atoms with Gasteiger partial charge < -0.3 is 15.2 Å². The van der Waals surface area contributed by atoms with Gasteiger partial charge in [0, 0.05) is 25.0 Å². The Kier molecular flexibility index (Phi) is 5.63. The fourth-order valence-electron chi connectivity index (χ4n) is 2.32. The molecule has 120 valence electrons. The van der Waals surface area contributed by atoms with Crippen LogP contribution in [0.1, 0.15) is 37.4 Å². The highest BCUT2D eigenvalue weighted by molar-refractivity contribution is 5.74. The van der Waals surface area contributed by atoms with Crippen molar-refractivity contribution in [2.75, 3.05) is 0 Å². The number of urea groups is 1. The Labute approximate surface area is 131 Å². The molecule has 0 fully saturated rings. The van der Waals surface area contributed by atoms with Crippen molar-refractivity contribution in [2.24, 2.45) is 7.05 Å². The van der Waals surface area contributed by atoms with Crippen LogP contribution in [0.4, 0.5) is 4.79 Å². The molecule has 0 spiro atoms. The van der Waals surface area contributed by atoms with E-state index in [1.807, 2.05) is 32.3 Å². The van der Waals surface area contributed by atoms with E-state index in [-0.39, 0.29) is 12.1 Å². The molecule has 0 aliphatic heterocycles. The highest BCUT2D eigenvalue weighted by Crippen LogP contribution is 2.05. The Morgan fingerprint density at radius 1 is 1.50 bits per heavy atom. The molecular weight excluding hydrogens is 278 g/mol. The lowest BCUT2D eigenvalue weighted by atomic mass is 10.1. The summed E-state index contributed by atoms with van der Waals surface area (Å²) in [5, 5.41) is 12.9. The zero-order valence-electron chi connectivity index (χ0n) is 13.5. The van der Waals surface area contributed by atoms with Crippen molar-refractivity contribution in [3.8, 4) is 0 Å². The molecule has 2 heterocycles. The number of H-pyrrole nitrogens is 1. The number of hydrogen-bond donors (Lipinski definition) is 3. The van der Waals surface area contributed by atoms with Gasteiger partial charge in [-0.1, -0.05) is 6.92 Å². The predicted molar refractivity (Wildman–Crippen MR) is 86.5 cm³/mol. The first-order valence-corrected chi connectivity index (χ1v) is 7.76. The fourth-order valence-corrected chi connectivity index (χ4v) is 2.32. The van der Waals surface area contributed by atoms with Gasteiger partial charge in [0.05, 0.1) is 17.9 Å². The lowest BCUT2D eigenvalue weighted by Gasteiger charge is -2.14. The van der Waals surface area contributed by atoms with Crippen molar-refractivity contribution in [2.45, 2.75) is 45.7 Å². The molecule has 22 heavy (non-hydrogen) atoms. The van der Waals surface area contributed by atoms with Gasteiger partial charge in [0.15, 0.2) is 0 Å². The Balaban J connectivity index is 1.68. The summed E-state index contributed by atoms with van der Waals surface area (Å²) in [5.74, 6) is 0. The maximum absolute atomic E-state index is 11.9. The Morgan fingerprint density at radius 3 is 2.95 bits per heavy atom. The van der Waals surface area contributed by atoms with Crippen molar-refractivity contribution in [3.05, 3.63) is 41.5 Å². The van der Waals surface area contributed by atoms with Crippen LogP contribution in [0.5, 0.6) is 0 Å². The quantitative estimate of drug-likeness (QED) is 0.733. The Hall–Kier alpha value is -2.24. The first kappa shape index (κ1) is 16.1. The van der Waals surface area contributed by atoms with E-state index in [4.69, 9.17) is 0 Å². The monoisotopic (exact) mass is 303 g/mol. The molecule has 0 aliphatic carbocycles. The maximum Gasteiger partial charge on any atom is 0.315 e. The molecule has 2 amide bonds. The summed E-state index contributed by atoms with van der Waals surface area (Å²) in [5.41, 5.74) is 3.20. The average molecular weight is 303 g/mol. The minimum atomic E-state index is -0.146. The largest absolute Gasteiger partial charge is 0.354 e. The van der Waals surface area contributed by atoms with Gasteiger partial charge in [-0.2, -0.15) is 5.10 Å². The molecule has 0 bridgehead atoms. The SMILES string of the molecule is CCc1cc(CNC(=O)N[C@H](C)CCc2cccn2C)[nH]n1. The molecule has 2 rings (SSSR count). The number of hydrogen-bond acceptors (Lipinski definition) is 2. The standard InChI is InChI=1S/C16H25N5O/c1-4-13-10-14(20-19-13)11-17-16(22)18-12(2)7-8-15-6-5-9-21(15)3/h5-6,9-10,12H,4,7-8,11H2,1-3H3,(H,19,20)(H2,17,18,22)/t12-/m1/s1. The Morgan fingerprint density at radius 2 is 2.32 bits per heavy atom. The number of aromatic amines is 1. The summed E-state index contributed by atoms with van der Waals surface area (Å²) < 4.78 is 2.11. The van der Waals surface area contributed by atoms with Crippen LogP contribution >= 0.6 is 0 Å². The molecule has 2 aromatic rings. The van der Waals surface area contributed by atoms with Crippen LogP contribution in [0, 0.1) is 0 Å². The predicted octanol–water partition coefficient (Wildman–Crippen LogP) is 2.13. The zero-order valence-corrected chi connectivity index (χ0v) is 13.5. The van der Waals surface area contributed by atoms with E-state index < -0.39 is 0 Å². The lowest BCUT2D eigenvalue weighted by Crippen LogP contribution is -2.40. The van der Waals surface area contributed by atoms with Crippen LogP contribution < -0.4 is 10.6 Å². The van der Waals surface area contributed by atoms with Crippen LogP contribution in [0.2, 0.25) is 0 Å². The number of amides is 2. The maximum atomic E-state index is 11.9. The summed E-state index contributed by atoms with van der Waals surface area (Å²) in [6.45, 7) is 4.53. The van der Waals surface area contributed by atoms with Gasteiger partial charge >= 0.3 is 6.03 Å². The van der Waals surface area contributed by atoms with Gasteiger partial charge in [0.1, 0.15) is 0 Å². The van der Waals surface area contributed by atoms with Gasteiger partial charge in [0.2, 0.25) is 0 Å². The number of rotatable bonds is 7. The lowest BCUT2D eigenvalue weighted by molar-refractivity contribution is 0.236. The molecular formula is C16H25N5O. The summed E-state index contributed by atoms with van der Waals surface area (Å²) in [6.07, 6.45) is 4.79. The molecule has 0 saturated carbocycles. The van der Waals surface area contributed by atoms with Crippen LogP contribution in [0.15, 0.2) is 24.4 Å².